The molecular weight excluding hydrogens is 463 g/mol. The van der Waals surface area contributed by atoms with Crippen molar-refractivity contribution in [3.63, 3.8) is 0 Å². The van der Waals surface area contributed by atoms with E-state index in [1.807, 2.05) is 13.2 Å². The summed E-state index contributed by atoms with van der Waals surface area (Å²) in [6, 6.07) is 4.62. The maximum atomic E-state index is 14.5. The Bertz CT molecular complexity index is 1480. The lowest BCUT2D eigenvalue weighted by molar-refractivity contribution is -0.117. The van der Waals surface area contributed by atoms with Crippen LogP contribution in [0, 0.1) is 11.7 Å². The van der Waals surface area contributed by atoms with Crippen LogP contribution in [0.3, 0.4) is 0 Å². The number of hydrogen-bond acceptors (Lipinski definition) is 6. The summed E-state index contributed by atoms with van der Waals surface area (Å²) in [4.78, 5) is 32.2. The number of piperidine rings is 1. The highest BCUT2D eigenvalue weighted by atomic mass is 19.1. The van der Waals surface area contributed by atoms with Gasteiger partial charge in [-0.1, -0.05) is 0 Å². The Kier molecular flexibility index (Phi) is 5.48. The van der Waals surface area contributed by atoms with E-state index in [0.29, 0.717) is 35.4 Å². The van der Waals surface area contributed by atoms with Crippen LogP contribution in [0.5, 0.6) is 0 Å². The zero-order valence-electron chi connectivity index (χ0n) is 19.7. The number of rotatable bonds is 6. The molecule has 10 nitrogen and oxygen atoms in total. The fraction of sp³-hybridized carbons (Fsp3) is 0.320. The molecule has 1 saturated heterocycles. The van der Waals surface area contributed by atoms with E-state index in [0.717, 1.165) is 18.5 Å². The van der Waals surface area contributed by atoms with E-state index in [2.05, 4.69) is 30.7 Å². The number of fused-ring (bicyclic) bond motifs is 3. The van der Waals surface area contributed by atoms with Gasteiger partial charge in [-0.25, -0.2) is 8.91 Å². The molecule has 2 bridgehead atoms. The molecule has 0 spiro atoms. The van der Waals surface area contributed by atoms with Crippen LogP contribution in [-0.2, 0) is 11.8 Å². The topological polar surface area (TPSA) is 109 Å². The Balaban J connectivity index is 1.15. The van der Waals surface area contributed by atoms with E-state index in [4.69, 9.17) is 0 Å². The molecule has 11 heteroatoms. The maximum absolute atomic E-state index is 14.5. The average Bonchev–Trinajstić information content (AvgIpc) is 3.65. The second-order valence-electron chi connectivity index (χ2n) is 9.52. The number of carbonyl (C=O) groups excluding carboxylic acids is 2. The number of aromatic nitrogens is 5. The van der Waals surface area contributed by atoms with Crippen LogP contribution in [-0.4, -0.2) is 60.2 Å². The van der Waals surface area contributed by atoms with Crippen molar-refractivity contribution in [3.8, 4) is 11.3 Å². The van der Waals surface area contributed by atoms with Gasteiger partial charge in [-0.05, 0) is 43.4 Å². The molecule has 2 fully saturated rings. The minimum Gasteiger partial charge on any atom is -0.325 e. The van der Waals surface area contributed by atoms with Gasteiger partial charge >= 0.3 is 0 Å². The van der Waals surface area contributed by atoms with E-state index in [1.54, 1.807) is 27.8 Å². The summed E-state index contributed by atoms with van der Waals surface area (Å²) in [6.07, 6.45) is 11.7. The quantitative estimate of drug-likeness (QED) is 0.432. The summed E-state index contributed by atoms with van der Waals surface area (Å²) in [7, 11) is 1.81. The van der Waals surface area contributed by atoms with Gasteiger partial charge in [-0.15, -0.1) is 0 Å². The van der Waals surface area contributed by atoms with Gasteiger partial charge in [0.25, 0.3) is 5.91 Å². The second-order valence-corrected chi connectivity index (χ2v) is 9.52. The minimum absolute atomic E-state index is 0.0303. The fourth-order valence-electron chi connectivity index (χ4n) is 5.25. The van der Waals surface area contributed by atoms with Crippen molar-refractivity contribution in [3.05, 3.63) is 60.6 Å². The van der Waals surface area contributed by atoms with Gasteiger partial charge in [-0.2, -0.15) is 10.2 Å². The van der Waals surface area contributed by atoms with Gasteiger partial charge in [0.05, 0.1) is 53.8 Å². The summed E-state index contributed by atoms with van der Waals surface area (Å²) in [5.74, 6) is -0.583. The lowest BCUT2D eigenvalue weighted by Gasteiger charge is -2.25. The Labute approximate surface area is 206 Å². The number of amides is 2. The Hall–Kier alpha value is -4.12. The molecular formula is C25H25FN8O2. The average molecular weight is 489 g/mol. The number of carbonyl (C=O) groups is 2. The number of nitrogens with one attached hydrogen (secondary N) is 2. The summed E-state index contributed by atoms with van der Waals surface area (Å²) in [5.41, 5.74) is 2.59. The van der Waals surface area contributed by atoms with Crippen LogP contribution < -0.4 is 10.6 Å². The molecule has 2 N–H and O–H groups in total. The molecule has 36 heavy (non-hydrogen) atoms. The first kappa shape index (κ1) is 22.4. The van der Waals surface area contributed by atoms with Crippen molar-refractivity contribution >= 4 is 28.7 Å². The van der Waals surface area contributed by atoms with Gasteiger partial charge in [0.1, 0.15) is 5.82 Å². The van der Waals surface area contributed by atoms with Crippen LogP contribution in [0.15, 0.2) is 49.2 Å². The minimum atomic E-state index is -0.605. The molecule has 6 rings (SSSR count). The third-order valence-corrected chi connectivity index (χ3v) is 7.02. The van der Waals surface area contributed by atoms with Crippen molar-refractivity contribution in [2.24, 2.45) is 13.0 Å². The SMILES string of the molecule is Cn1cc(-c2cn3ncc(C(=O)Nc4cc(NC(=O)CN5CC6CCC5C6)ccc4F)c3cn2)cn1. The number of halogens is 1. The molecule has 2 amide bonds. The van der Waals surface area contributed by atoms with Crippen LogP contribution in [0.1, 0.15) is 29.6 Å². The summed E-state index contributed by atoms with van der Waals surface area (Å²) < 4.78 is 17.7. The fourth-order valence-corrected chi connectivity index (χ4v) is 5.25. The number of likely N-dealkylation sites (tertiary alicyclic amines) is 1. The van der Waals surface area contributed by atoms with Crippen molar-refractivity contribution in [1.82, 2.24) is 29.3 Å². The molecule has 2 aliphatic rings. The maximum Gasteiger partial charge on any atom is 0.259 e. The molecule has 184 valence electrons. The number of hydrogen-bond donors (Lipinski definition) is 2. The highest BCUT2D eigenvalue weighted by molar-refractivity contribution is 6.09. The molecule has 4 heterocycles. The van der Waals surface area contributed by atoms with E-state index in [-0.39, 0.29) is 17.2 Å². The highest BCUT2D eigenvalue weighted by Crippen LogP contribution is 2.37. The third kappa shape index (κ3) is 4.22. The predicted octanol–water partition coefficient (Wildman–Crippen LogP) is 2.94. The lowest BCUT2D eigenvalue weighted by atomic mass is 10.1. The zero-order valence-corrected chi connectivity index (χ0v) is 19.7. The molecule has 1 saturated carbocycles. The van der Waals surface area contributed by atoms with E-state index < -0.39 is 11.7 Å². The third-order valence-electron chi connectivity index (χ3n) is 7.02. The van der Waals surface area contributed by atoms with Crippen LogP contribution in [0.25, 0.3) is 16.8 Å². The van der Waals surface area contributed by atoms with E-state index in [1.165, 1.54) is 37.2 Å². The van der Waals surface area contributed by atoms with Crippen molar-refractivity contribution in [2.75, 3.05) is 23.7 Å². The molecule has 1 aliphatic heterocycles. The first-order valence-corrected chi connectivity index (χ1v) is 11.9. The molecule has 1 aromatic carbocycles. The normalized spacial score (nSPS) is 19.2. The molecule has 2 atom stereocenters. The van der Waals surface area contributed by atoms with Crippen LogP contribution in [0.2, 0.25) is 0 Å². The van der Waals surface area contributed by atoms with Gasteiger partial charge in [0, 0.05) is 37.1 Å². The monoisotopic (exact) mass is 488 g/mol. The van der Waals surface area contributed by atoms with Crippen LogP contribution >= 0.6 is 0 Å². The summed E-state index contributed by atoms with van der Waals surface area (Å²) in [6.45, 7) is 1.28. The van der Waals surface area contributed by atoms with E-state index in [9.17, 15) is 14.0 Å². The molecule has 3 aromatic heterocycles. The largest absolute Gasteiger partial charge is 0.325 e. The summed E-state index contributed by atoms with van der Waals surface area (Å²) >= 11 is 0. The summed E-state index contributed by atoms with van der Waals surface area (Å²) in [5, 5.41) is 13.8. The van der Waals surface area contributed by atoms with Gasteiger partial charge in [0.2, 0.25) is 5.91 Å². The van der Waals surface area contributed by atoms with Crippen molar-refractivity contribution in [2.45, 2.75) is 25.3 Å². The smallest absolute Gasteiger partial charge is 0.259 e. The van der Waals surface area contributed by atoms with Crippen molar-refractivity contribution in [1.29, 1.82) is 0 Å². The Morgan fingerprint density at radius 2 is 2.00 bits per heavy atom. The predicted molar refractivity (Wildman–Crippen MR) is 131 cm³/mol. The first-order valence-electron chi connectivity index (χ1n) is 11.9. The van der Waals surface area contributed by atoms with Crippen LogP contribution in [0.4, 0.5) is 15.8 Å². The molecule has 4 aromatic rings. The molecule has 2 unspecified atom stereocenters. The number of nitrogens with zero attached hydrogens (tertiary/aromatic N) is 6. The second kappa shape index (κ2) is 8.83. The number of benzene rings is 1. The molecule has 1 aliphatic carbocycles. The van der Waals surface area contributed by atoms with Crippen molar-refractivity contribution < 1.29 is 14.0 Å². The number of anilines is 2. The highest BCUT2D eigenvalue weighted by Gasteiger charge is 2.38. The number of aryl methyl sites for hydroxylation is 1. The standard InChI is InChI=1S/C25H25FN8O2/c1-32-12-16(8-28-32)22-13-34-23(10-27-22)19(9-29-34)25(36)31-21-7-17(3-5-20(21)26)30-24(35)14-33-11-15-2-4-18(33)6-15/h3,5,7-10,12-13,15,18H,2,4,6,11,14H2,1H3,(H,30,35)(H,31,36). The van der Waals surface area contributed by atoms with Gasteiger partial charge in [-0.3, -0.25) is 24.2 Å². The van der Waals surface area contributed by atoms with E-state index >= 15 is 0 Å². The van der Waals surface area contributed by atoms with Gasteiger partial charge in [0.15, 0.2) is 0 Å². The lowest BCUT2D eigenvalue weighted by Crippen LogP contribution is -2.38. The molecule has 0 radical (unpaired) electrons. The Morgan fingerprint density at radius 3 is 2.75 bits per heavy atom. The first-order chi connectivity index (χ1) is 17.4. The van der Waals surface area contributed by atoms with Gasteiger partial charge < -0.3 is 10.6 Å². The zero-order chi connectivity index (χ0) is 24.8. The Morgan fingerprint density at radius 1 is 1.11 bits per heavy atom.